The smallest absolute Gasteiger partial charge is 0.453 e. The lowest BCUT2D eigenvalue weighted by molar-refractivity contribution is -0.324. The maximum absolute atomic E-state index is 13.5. The van der Waals surface area contributed by atoms with Crippen LogP contribution in [0.25, 0.3) is 0 Å². The van der Waals surface area contributed by atoms with Gasteiger partial charge in [0.15, 0.2) is 0 Å². The molecule has 130 valence electrons. The van der Waals surface area contributed by atoms with Crippen LogP contribution in [0.15, 0.2) is 24.3 Å². The van der Waals surface area contributed by atoms with Crippen LogP contribution in [0, 0.1) is 5.41 Å². The molecule has 2 rings (SSSR count). The van der Waals surface area contributed by atoms with Crippen LogP contribution in [0.4, 0.5) is 22.0 Å². The average molecular weight is 338 g/mol. The van der Waals surface area contributed by atoms with E-state index in [-0.39, 0.29) is 6.42 Å². The highest BCUT2D eigenvalue weighted by atomic mass is 19.4. The van der Waals surface area contributed by atoms with Gasteiger partial charge in [0.05, 0.1) is 19.3 Å². The van der Waals surface area contributed by atoms with Gasteiger partial charge in [-0.3, -0.25) is 0 Å². The Labute approximate surface area is 131 Å². The molecule has 3 atom stereocenters. The molecule has 0 saturated carbocycles. The summed E-state index contributed by atoms with van der Waals surface area (Å²) in [5, 5.41) is 0. The average Bonchev–Trinajstić information content (AvgIpc) is 2.45. The summed E-state index contributed by atoms with van der Waals surface area (Å²) in [4.78, 5) is 0. The first kappa shape index (κ1) is 18.0. The van der Waals surface area contributed by atoms with Crippen molar-refractivity contribution in [2.75, 3.05) is 7.11 Å². The van der Waals surface area contributed by atoms with Crippen molar-refractivity contribution in [3.8, 4) is 5.75 Å². The standard InChI is InChI=1S/C16H19F5O2/c1-10-14(2,9-15(17,18)16(19,20)21)13(23-10)8-11-5-4-6-12(7-11)22-3/h4-7,10,13H,8-9H2,1-3H3. The van der Waals surface area contributed by atoms with Crippen molar-refractivity contribution in [3.05, 3.63) is 29.8 Å². The molecule has 0 aliphatic carbocycles. The number of methoxy groups -OCH3 is 1. The molecule has 0 aromatic heterocycles. The first-order chi connectivity index (χ1) is 10.5. The van der Waals surface area contributed by atoms with Crippen LogP contribution in [-0.4, -0.2) is 31.4 Å². The molecule has 0 N–H and O–H groups in total. The topological polar surface area (TPSA) is 18.5 Å². The fourth-order valence-electron chi connectivity index (χ4n) is 2.88. The van der Waals surface area contributed by atoms with Gasteiger partial charge in [-0.15, -0.1) is 0 Å². The Morgan fingerprint density at radius 1 is 1.22 bits per heavy atom. The van der Waals surface area contributed by atoms with Crippen LogP contribution in [0.1, 0.15) is 25.8 Å². The summed E-state index contributed by atoms with van der Waals surface area (Å²) in [7, 11) is 1.50. The summed E-state index contributed by atoms with van der Waals surface area (Å²) in [5.74, 6) is -4.14. The van der Waals surface area contributed by atoms with Gasteiger partial charge in [0, 0.05) is 11.8 Å². The third-order valence-electron chi connectivity index (χ3n) is 4.61. The number of ether oxygens (including phenoxy) is 2. The molecule has 1 aromatic rings. The predicted octanol–water partition coefficient (Wildman–Crippen LogP) is 4.62. The van der Waals surface area contributed by atoms with Crippen LogP contribution in [-0.2, 0) is 11.2 Å². The lowest BCUT2D eigenvalue weighted by atomic mass is 9.68. The Morgan fingerprint density at radius 2 is 1.87 bits per heavy atom. The van der Waals surface area contributed by atoms with E-state index < -0.39 is 36.1 Å². The number of alkyl halides is 5. The fourth-order valence-corrected chi connectivity index (χ4v) is 2.88. The summed E-state index contributed by atoms with van der Waals surface area (Å²) in [6.07, 6.45) is -7.93. The molecule has 0 radical (unpaired) electrons. The molecule has 0 amide bonds. The summed E-state index contributed by atoms with van der Waals surface area (Å²) in [6, 6.07) is 6.94. The Hall–Kier alpha value is -1.37. The van der Waals surface area contributed by atoms with E-state index in [0.717, 1.165) is 5.56 Å². The summed E-state index contributed by atoms with van der Waals surface area (Å²) >= 11 is 0. The van der Waals surface area contributed by atoms with E-state index in [2.05, 4.69) is 0 Å². The molecule has 0 spiro atoms. The molecule has 3 unspecified atom stereocenters. The quantitative estimate of drug-likeness (QED) is 0.730. The SMILES string of the molecule is COc1cccc(CC2OC(C)C2(C)CC(F)(F)C(F)(F)F)c1. The van der Waals surface area contributed by atoms with Crippen molar-refractivity contribution in [1.29, 1.82) is 0 Å². The number of hydrogen-bond donors (Lipinski definition) is 0. The minimum absolute atomic E-state index is 0.256. The van der Waals surface area contributed by atoms with Crippen LogP contribution in [0.5, 0.6) is 5.75 Å². The van der Waals surface area contributed by atoms with Crippen LogP contribution in [0.3, 0.4) is 0 Å². The van der Waals surface area contributed by atoms with Gasteiger partial charge in [-0.1, -0.05) is 19.1 Å². The van der Waals surface area contributed by atoms with Crippen molar-refractivity contribution in [2.45, 2.75) is 51.0 Å². The molecule has 1 aromatic carbocycles. The molecule has 2 nitrogen and oxygen atoms in total. The van der Waals surface area contributed by atoms with E-state index in [0.29, 0.717) is 5.75 Å². The molecule has 7 heteroatoms. The van der Waals surface area contributed by atoms with E-state index in [4.69, 9.17) is 9.47 Å². The Morgan fingerprint density at radius 3 is 2.39 bits per heavy atom. The zero-order chi connectivity index (χ0) is 17.5. The second kappa shape index (κ2) is 5.92. The summed E-state index contributed by atoms with van der Waals surface area (Å²) in [5.41, 5.74) is -0.481. The first-order valence-corrected chi connectivity index (χ1v) is 7.22. The van der Waals surface area contributed by atoms with Crippen molar-refractivity contribution in [3.63, 3.8) is 0 Å². The van der Waals surface area contributed by atoms with Gasteiger partial charge >= 0.3 is 12.1 Å². The molecule has 1 aliphatic rings. The number of benzene rings is 1. The van der Waals surface area contributed by atoms with Gasteiger partial charge in [-0.2, -0.15) is 22.0 Å². The Kier molecular flexibility index (Phi) is 4.63. The molecule has 1 fully saturated rings. The van der Waals surface area contributed by atoms with Crippen LogP contribution < -0.4 is 4.74 Å². The normalized spacial score (nSPS) is 28.3. The summed E-state index contributed by atoms with van der Waals surface area (Å²) < 4.78 is 74.9. The van der Waals surface area contributed by atoms with Gasteiger partial charge in [-0.25, -0.2) is 0 Å². The number of halogens is 5. The predicted molar refractivity (Wildman–Crippen MR) is 74.8 cm³/mol. The first-order valence-electron chi connectivity index (χ1n) is 7.22. The molecule has 1 aliphatic heterocycles. The van der Waals surface area contributed by atoms with Crippen molar-refractivity contribution in [1.82, 2.24) is 0 Å². The minimum Gasteiger partial charge on any atom is -0.497 e. The van der Waals surface area contributed by atoms with Gasteiger partial charge in [0.2, 0.25) is 0 Å². The Bertz CT molecular complexity index is 558. The maximum Gasteiger partial charge on any atom is 0.453 e. The van der Waals surface area contributed by atoms with E-state index in [9.17, 15) is 22.0 Å². The molecular weight excluding hydrogens is 319 g/mol. The van der Waals surface area contributed by atoms with Gasteiger partial charge < -0.3 is 9.47 Å². The Balaban J connectivity index is 2.14. The number of rotatable bonds is 5. The highest BCUT2D eigenvalue weighted by molar-refractivity contribution is 5.29. The molecule has 1 saturated heterocycles. The molecular formula is C16H19F5O2. The second-order valence-corrected chi connectivity index (χ2v) is 6.21. The van der Waals surface area contributed by atoms with E-state index in [1.807, 2.05) is 0 Å². The lowest BCUT2D eigenvalue weighted by Gasteiger charge is -2.54. The fraction of sp³-hybridized carbons (Fsp3) is 0.625. The van der Waals surface area contributed by atoms with Gasteiger partial charge in [0.1, 0.15) is 5.75 Å². The highest BCUT2D eigenvalue weighted by Gasteiger charge is 2.64. The minimum atomic E-state index is -5.55. The zero-order valence-electron chi connectivity index (χ0n) is 13.1. The van der Waals surface area contributed by atoms with Crippen LogP contribution >= 0.6 is 0 Å². The van der Waals surface area contributed by atoms with E-state index in [1.165, 1.54) is 21.0 Å². The second-order valence-electron chi connectivity index (χ2n) is 6.21. The summed E-state index contributed by atoms with van der Waals surface area (Å²) in [6.45, 7) is 2.94. The zero-order valence-corrected chi connectivity index (χ0v) is 13.1. The lowest BCUT2D eigenvalue weighted by Crippen LogP contribution is -2.60. The maximum atomic E-state index is 13.5. The monoisotopic (exact) mass is 338 g/mol. The highest BCUT2D eigenvalue weighted by Crippen LogP contribution is 2.52. The van der Waals surface area contributed by atoms with E-state index >= 15 is 0 Å². The van der Waals surface area contributed by atoms with Gasteiger partial charge in [-0.05, 0) is 31.0 Å². The van der Waals surface area contributed by atoms with Crippen molar-refractivity contribution in [2.24, 2.45) is 5.41 Å². The third kappa shape index (κ3) is 3.44. The number of hydrogen-bond acceptors (Lipinski definition) is 2. The molecule has 1 heterocycles. The molecule has 23 heavy (non-hydrogen) atoms. The largest absolute Gasteiger partial charge is 0.497 e. The van der Waals surface area contributed by atoms with E-state index in [1.54, 1.807) is 24.3 Å². The van der Waals surface area contributed by atoms with Gasteiger partial charge in [0.25, 0.3) is 0 Å². The third-order valence-corrected chi connectivity index (χ3v) is 4.61. The van der Waals surface area contributed by atoms with Crippen LogP contribution in [0.2, 0.25) is 0 Å². The van der Waals surface area contributed by atoms with Crippen molar-refractivity contribution >= 4 is 0 Å². The molecule has 0 bridgehead atoms. The van der Waals surface area contributed by atoms with Crippen molar-refractivity contribution < 1.29 is 31.4 Å².